The molecule has 1 aromatic heterocycles. The number of para-hydroxylation sites is 1. The molecule has 0 unspecified atom stereocenters. The van der Waals surface area contributed by atoms with Gasteiger partial charge in [0.2, 0.25) is 0 Å². The highest BCUT2D eigenvalue weighted by atomic mass is 16.6. The van der Waals surface area contributed by atoms with E-state index < -0.39 is 5.97 Å². The average Bonchev–Trinajstić information content (AvgIpc) is 2.96. The number of benzene rings is 1. The summed E-state index contributed by atoms with van der Waals surface area (Å²) in [6.07, 6.45) is 1.39. The molecule has 2 rings (SSSR count). The summed E-state index contributed by atoms with van der Waals surface area (Å²) in [6, 6.07) is 10.2. The molecule has 0 aliphatic carbocycles. The average molecular weight is 258 g/mol. The maximum atomic E-state index is 11.4. The van der Waals surface area contributed by atoms with E-state index in [1.807, 2.05) is 6.07 Å². The highest BCUT2D eigenvalue weighted by molar-refractivity contribution is 5.71. The third kappa shape index (κ3) is 3.57. The molecule has 0 atom stereocenters. The van der Waals surface area contributed by atoms with Gasteiger partial charge in [-0.3, -0.25) is 0 Å². The van der Waals surface area contributed by atoms with Crippen LogP contribution in [0.5, 0.6) is 5.75 Å². The van der Waals surface area contributed by atoms with E-state index >= 15 is 0 Å². The van der Waals surface area contributed by atoms with Crippen molar-refractivity contribution < 1.29 is 18.8 Å². The Morgan fingerprint density at radius 3 is 2.95 bits per heavy atom. The minimum Gasteiger partial charge on any atom is -0.481 e. The van der Waals surface area contributed by atoms with E-state index in [0.717, 1.165) is 0 Å². The predicted molar refractivity (Wildman–Crippen MR) is 63.0 cm³/mol. The number of carbonyl (C=O) groups excluding carboxylic acids is 1. The smallest absolute Gasteiger partial charge is 0.344 e. The fourth-order valence-electron chi connectivity index (χ4n) is 1.33. The van der Waals surface area contributed by atoms with Crippen LogP contribution < -0.4 is 4.74 Å². The third-order valence-electron chi connectivity index (χ3n) is 2.23. The molecule has 2 aromatic rings. The van der Waals surface area contributed by atoms with Crippen LogP contribution in [0.4, 0.5) is 0 Å². The number of carbonyl (C=O) groups is 1. The fourth-order valence-corrected chi connectivity index (χ4v) is 1.33. The van der Waals surface area contributed by atoms with Gasteiger partial charge in [0, 0.05) is 6.07 Å². The summed E-state index contributed by atoms with van der Waals surface area (Å²) in [5, 5.41) is 12.4. The lowest BCUT2D eigenvalue weighted by Gasteiger charge is -2.06. The fraction of sp³-hybridized carbons (Fsp3) is 0.154. The Morgan fingerprint density at radius 2 is 2.21 bits per heavy atom. The van der Waals surface area contributed by atoms with Gasteiger partial charge < -0.3 is 14.0 Å². The van der Waals surface area contributed by atoms with Gasteiger partial charge in [-0.15, -0.1) is 0 Å². The number of hydrogen-bond donors (Lipinski definition) is 0. The molecule has 96 valence electrons. The van der Waals surface area contributed by atoms with Crippen LogP contribution in [0.25, 0.3) is 0 Å². The van der Waals surface area contributed by atoms with Crippen LogP contribution in [-0.2, 0) is 16.1 Å². The molecule has 0 aliphatic heterocycles. The van der Waals surface area contributed by atoms with Gasteiger partial charge >= 0.3 is 5.97 Å². The summed E-state index contributed by atoms with van der Waals surface area (Å²) < 4.78 is 14.7. The van der Waals surface area contributed by atoms with Crippen molar-refractivity contribution in [2.75, 3.05) is 6.61 Å². The second kappa shape index (κ2) is 6.21. The van der Waals surface area contributed by atoms with Crippen molar-refractivity contribution in [3.8, 4) is 11.8 Å². The number of nitrogens with zero attached hydrogens (tertiary/aromatic N) is 2. The Bertz CT molecular complexity index is 587. The number of aromatic nitrogens is 1. The largest absolute Gasteiger partial charge is 0.481 e. The summed E-state index contributed by atoms with van der Waals surface area (Å²) >= 11 is 0. The minimum absolute atomic E-state index is 0.0264. The van der Waals surface area contributed by atoms with Gasteiger partial charge in [0.05, 0.1) is 5.56 Å². The highest BCUT2D eigenvalue weighted by Gasteiger charge is 2.08. The van der Waals surface area contributed by atoms with E-state index in [2.05, 4.69) is 9.68 Å². The van der Waals surface area contributed by atoms with Crippen molar-refractivity contribution in [2.24, 2.45) is 0 Å². The topological polar surface area (TPSA) is 85.3 Å². The Hall–Kier alpha value is -2.81. The molecule has 6 nitrogen and oxygen atoms in total. The second-order valence-corrected chi connectivity index (χ2v) is 3.55. The maximum Gasteiger partial charge on any atom is 0.344 e. The van der Waals surface area contributed by atoms with Crippen LogP contribution in [0.3, 0.4) is 0 Å². The molecule has 0 saturated heterocycles. The Kier molecular flexibility index (Phi) is 4.13. The van der Waals surface area contributed by atoms with Crippen LogP contribution in [0.1, 0.15) is 11.3 Å². The van der Waals surface area contributed by atoms with Gasteiger partial charge in [-0.1, -0.05) is 17.3 Å². The predicted octanol–water partition coefficient (Wildman–Crippen LogP) is 1.67. The van der Waals surface area contributed by atoms with Crippen LogP contribution in [0.15, 0.2) is 41.1 Å². The Balaban J connectivity index is 1.82. The summed E-state index contributed by atoms with van der Waals surface area (Å²) in [5.41, 5.74) is 0.887. The summed E-state index contributed by atoms with van der Waals surface area (Å²) in [5.74, 6) is -0.195. The molecule has 0 saturated carbocycles. The molecular formula is C13H10N2O4. The summed E-state index contributed by atoms with van der Waals surface area (Å²) in [4.78, 5) is 11.4. The SMILES string of the molecule is N#Cc1ccccc1OCC(=O)OCc1ccon1. The normalized spacial score (nSPS) is 9.63. The van der Waals surface area contributed by atoms with Crippen molar-refractivity contribution in [2.45, 2.75) is 6.61 Å². The third-order valence-corrected chi connectivity index (χ3v) is 2.23. The maximum absolute atomic E-state index is 11.4. The molecule has 0 bridgehead atoms. The van der Waals surface area contributed by atoms with E-state index in [4.69, 9.17) is 14.7 Å². The number of ether oxygens (including phenoxy) is 2. The zero-order valence-electron chi connectivity index (χ0n) is 9.91. The van der Waals surface area contributed by atoms with E-state index in [1.54, 1.807) is 30.3 Å². The summed E-state index contributed by atoms with van der Waals surface area (Å²) in [7, 11) is 0. The van der Waals surface area contributed by atoms with Crippen LogP contribution in [0.2, 0.25) is 0 Å². The number of hydrogen-bond acceptors (Lipinski definition) is 6. The van der Waals surface area contributed by atoms with E-state index in [-0.39, 0.29) is 13.2 Å². The Morgan fingerprint density at radius 1 is 1.37 bits per heavy atom. The van der Waals surface area contributed by atoms with Crippen molar-refractivity contribution in [1.82, 2.24) is 5.16 Å². The first-order chi connectivity index (χ1) is 9.29. The lowest BCUT2D eigenvalue weighted by molar-refractivity contribution is -0.147. The lowest BCUT2D eigenvalue weighted by atomic mass is 10.2. The second-order valence-electron chi connectivity index (χ2n) is 3.55. The first kappa shape index (κ1) is 12.6. The first-order valence-electron chi connectivity index (χ1n) is 5.46. The highest BCUT2D eigenvalue weighted by Crippen LogP contribution is 2.16. The van der Waals surface area contributed by atoms with Gasteiger partial charge in [-0.25, -0.2) is 4.79 Å². The lowest BCUT2D eigenvalue weighted by Crippen LogP contribution is -2.15. The van der Waals surface area contributed by atoms with Crippen LogP contribution in [-0.4, -0.2) is 17.7 Å². The molecule has 1 heterocycles. The molecule has 0 N–H and O–H groups in total. The molecule has 0 fully saturated rings. The van der Waals surface area contributed by atoms with Gasteiger partial charge in [0.25, 0.3) is 0 Å². The van der Waals surface area contributed by atoms with E-state index in [9.17, 15) is 4.79 Å². The number of esters is 1. The molecule has 1 aromatic carbocycles. The van der Waals surface area contributed by atoms with Crippen molar-refractivity contribution in [3.05, 3.63) is 47.9 Å². The van der Waals surface area contributed by atoms with Gasteiger partial charge in [-0.2, -0.15) is 5.26 Å². The molecule has 19 heavy (non-hydrogen) atoms. The molecule has 0 aliphatic rings. The monoisotopic (exact) mass is 258 g/mol. The zero-order chi connectivity index (χ0) is 13.5. The van der Waals surface area contributed by atoms with E-state index in [1.165, 1.54) is 6.26 Å². The Labute approximate surface area is 109 Å². The molecule has 0 spiro atoms. The quantitative estimate of drug-likeness (QED) is 0.758. The van der Waals surface area contributed by atoms with Crippen molar-refractivity contribution in [3.63, 3.8) is 0 Å². The molecule has 0 amide bonds. The van der Waals surface area contributed by atoms with Crippen LogP contribution in [0, 0.1) is 11.3 Å². The molecular weight excluding hydrogens is 248 g/mol. The summed E-state index contributed by atoms with van der Waals surface area (Å²) in [6.45, 7) is -0.241. The van der Waals surface area contributed by atoms with Crippen LogP contribution >= 0.6 is 0 Å². The zero-order valence-corrected chi connectivity index (χ0v) is 9.91. The number of nitriles is 1. The standard InChI is InChI=1S/C13H10N2O4/c14-7-10-3-1-2-4-12(10)17-9-13(16)18-8-11-5-6-19-15-11/h1-6H,8-9H2. The van der Waals surface area contributed by atoms with Gasteiger partial charge in [0.1, 0.15) is 30.4 Å². The molecule has 6 heteroatoms. The van der Waals surface area contributed by atoms with Gasteiger partial charge in [-0.05, 0) is 12.1 Å². The van der Waals surface area contributed by atoms with Crippen molar-refractivity contribution in [1.29, 1.82) is 5.26 Å². The van der Waals surface area contributed by atoms with Gasteiger partial charge in [0.15, 0.2) is 6.61 Å². The minimum atomic E-state index is -0.546. The van der Waals surface area contributed by atoms with E-state index in [0.29, 0.717) is 17.0 Å². The first-order valence-corrected chi connectivity index (χ1v) is 5.46. The number of rotatable bonds is 5. The van der Waals surface area contributed by atoms with Crippen molar-refractivity contribution >= 4 is 5.97 Å². The molecule has 0 radical (unpaired) electrons.